The van der Waals surface area contributed by atoms with Gasteiger partial charge >= 0.3 is 6.16 Å². The van der Waals surface area contributed by atoms with E-state index in [-0.39, 0.29) is 0 Å². The van der Waals surface area contributed by atoms with Crippen molar-refractivity contribution in [2.45, 2.75) is 13.8 Å². The van der Waals surface area contributed by atoms with Crippen molar-refractivity contribution in [3.8, 4) is 11.5 Å². The lowest BCUT2D eigenvalue weighted by molar-refractivity contribution is 0.142. The molecular weight excluding hydrogens is 428 g/mol. The number of rotatable bonds is 4. The minimum Gasteiger partial charge on any atom is -0.388 e. The summed E-state index contributed by atoms with van der Waals surface area (Å²) in [5.74, 6) is -20.5. The normalized spacial score (nSPS) is 10.7. The van der Waals surface area contributed by atoms with Crippen LogP contribution in [0.5, 0.6) is 11.5 Å². The Bertz CT molecular complexity index is 1020. The summed E-state index contributed by atoms with van der Waals surface area (Å²) in [6.45, 7) is 8.34. The molecule has 0 saturated carbocycles. The first-order valence-corrected chi connectivity index (χ1v) is 7.74. The number of halogens is 8. The van der Waals surface area contributed by atoms with Crippen LogP contribution in [0.3, 0.4) is 0 Å². The van der Waals surface area contributed by atoms with Gasteiger partial charge in [-0.05, 0) is 25.0 Å². The van der Waals surface area contributed by atoms with E-state index in [0.717, 1.165) is 13.8 Å². The molecule has 2 aromatic carbocycles. The highest BCUT2D eigenvalue weighted by molar-refractivity contribution is 5.71. The molecule has 0 fully saturated rings. The van der Waals surface area contributed by atoms with Crippen LogP contribution < -0.4 is 9.47 Å². The minimum absolute atomic E-state index is 0.425. The molecule has 0 radical (unpaired) electrons. The van der Waals surface area contributed by atoms with E-state index in [4.69, 9.17) is 0 Å². The third-order valence-corrected chi connectivity index (χ3v) is 3.67. The van der Waals surface area contributed by atoms with Gasteiger partial charge in [-0.15, -0.1) is 0 Å². The lowest BCUT2D eigenvalue weighted by atomic mass is 10.1. The highest BCUT2D eigenvalue weighted by Gasteiger charge is 2.32. The Hall–Kier alpha value is -3.37. The standard InChI is InChI=1S/C19H10F8O3/c1-5(2)7-9(20)13(24)15(26)17(11(7)22)29-19(28)30-18-12(23)8(6(3)4)10(21)14(25)16(18)27/h1,3H2,2,4H3. The minimum atomic E-state index is -2.30. The summed E-state index contributed by atoms with van der Waals surface area (Å²) in [7, 11) is 0. The Morgan fingerprint density at radius 3 is 1.13 bits per heavy atom. The molecule has 0 atom stereocenters. The maximum absolute atomic E-state index is 14.3. The van der Waals surface area contributed by atoms with Gasteiger partial charge in [-0.2, -0.15) is 8.78 Å². The molecule has 0 unspecified atom stereocenters. The van der Waals surface area contributed by atoms with E-state index in [1.807, 2.05) is 0 Å². The molecule has 2 rings (SSSR count). The van der Waals surface area contributed by atoms with Crippen molar-refractivity contribution in [3.63, 3.8) is 0 Å². The summed E-state index contributed by atoms with van der Waals surface area (Å²) in [5.41, 5.74) is -3.20. The number of allylic oxidation sites excluding steroid dienone is 2. The van der Waals surface area contributed by atoms with Gasteiger partial charge in [0.1, 0.15) is 0 Å². The molecular formula is C19H10F8O3. The topological polar surface area (TPSA) is 35.5 Å². The zero-order chi connectivity index (χ0) is 23.1. The Morgan fingerprint density at radius 2 is 0.867 bits per heavy atom. The summed E-state index contributed by atoms with van der Waals surface area (Å²) in [4.78, 5) is 11.8. The third kappa shape index (κ3) is 3.74. The zero-order valence-electron chi connectivity index (χ0n) is 15.2. The SMILES string of the molecule is C=C(C)c1c(F)c(F)c(F)c(OC(=O)Oc2c(F)c(F)c(F)c(C(=C)C)c2F)c1F. The molecule has 160 valence electrons. The first-order valence-electron chi connectivity index (χ1n) is 7.74. The van der Waals surface area contributed by atoms with E-state index in [2.05, 4.69) is 22.6 Å². The van der Waals surface area contributed by atoms with Gasteiger partial charge in [0.25, 0.3) is 0 Å². The first kappa shape index (κ1) is 22.9. The average molecular weight is 438 g/mol. The fourth-order valence-electron chi connectivity index (χ4n) is 2.34. The molecule has 30 heavy (non-hydrogen) atoms. The van der Waals surface area contributed by atoms with E-state index < -0.39 is 86.5 Å². The zero-order valence-corrected chi connectivity index (χ0v) is 15.2. The van der Waals surface area contributed by atoms with Crippen molar-refractivity contribution in [2.75, 3.05) is 0 Å². The lowest BCUT2D eigenvalue weighted by Crippen LogP contribution is -2.19. The highest BCUT2D eigenvalue weighted by Crippen LogP contribution is 2.36. The first-order chi connectivity index (χ1) is 13.8. The van der Waals surface area contributed by atoms with Gasteiger partial charge in [0.2, 0.25) is 23.1 Å². The largest absolute Gasteiger partial charge is 0.519 e. The van der Waals surface area contributed by atoms with Crippen molar-refractivity contribution in [3.05, 3.63) is 70.8 Å². The van der Waals surface area contributed by atoms with Gasteiger partial charge in [0.15, 0.2) is 34.9 Å². The second-order valence-corrected chi connectivity index (χ2v) is 5.93. The molecule has 0 bridgehead atoms. The van der Waals surface area contributed by atoms with Crippen LogP contribution in [0.25, 0.3) is 11.1 Å². The fourth-order valence-corrected chi connectivity index (χ4v) is 2.34. The average Bonchev–Trinajstić information content (AvgIpc) is 2.65. The quantitative estimate of drug-likeness (QED) is 0.181. The second-order valence-electron chi connectivity index (χ2n) is 5.93. The van der Waals surface area contributed by atoms with Gasteiger partial charge in [-0.3, -0.25) is 0 Å². The Kier molecular flexibility index (Phi) is 6.24. The summed E-state index contributed by atoms with van der Waals surface area (Å²) >= 11 is 0. The predicted octanol–water partition coefficient (Wildman–Crippen LogP) is 6.44. The number of benzene rings is 2. The van der Waals surface area contributed by atoms with Gasteiger partial charge in [-0.1, -0.05) is 13.2 Å². The van der Waals surface area contributed by atoms with Gasteiger partial charge in [0, 0.05) is 0 Å². The molecule has 0 aliphatic carbocycles. The van der Waals surface area contributed by atoms with E-state index in [1.165, 1.54) is 0 Å². The van der Waals surface area contributed by atoms with Crippen LogP contribution in [0.1, 0.15) is 25.0 Å². The Balaban J connectivity index is 2.53. The maximum Gasteiger partial charge on any atom is 0.519 e. The lowest BCUT2D eigenvalue weighted by Gasteiger charge is -2.14. The summed E-state index contributed by atoms with van der Waals surface area (Å²) in [6, 6.07) is 0. The van der Waals surface area contributed by atoms with E-state index in [1.54, 1.807) is 0 Å². The summed E-state index contributed by atoms with van der Waals surface area (Å²) in [6.07, 6.45) is -2.28. The van der Waals surface area contributed by atoms with Crippen LogP contribution >= 0.6 is 0 Å². The van der Waals surface area contributed by atoms with Gasteiger partial charge < -0.3 is 9.47 Å². The smallest absolute Gasteiger partial charge is 0.388 e. The van der Waals surface area contributed by atoms with Crippen LogP contribution in [-0.2, 0) is 0 Å². The van der Waals surface area contributed by atoms with Gasteiger partial charge in [0.05, 0.1) is 11.1 Å². The maximum atomic E-state index is 14.3. The molecule has 11 heteroatoms. The fraction of sp³-hybridized carbons (Fsp3) is 0.105. The monoisotopic (exact) mass is 438 g/mol. The molecule has 2 aromatic rings. The molecule has 0 aliphatic heterocycles. The molecule has 3 nitrogen and oxygen atoms in total. The van der Waals surface area contributed by atoms with Crippen LogP contribution in [0.4, 0.5) is 39.9 Å². The van der Waals surface area contributed by atoms with E-state index >= 15 is 0 Å². The van der Waals surface area contributed by atoms with Crippen LogP contribution in [0, 0.1) is 46.5 Å². The van der Waals surface area contributed by atoms with Crippen molar-refractivity contribution in [1.29, 1.82) is 0 Å². The highest BCUT2D eigenvalue weighted by atomic mass is 19.2. The molecule has 0 spiro atoms. The van der Waals surface area contributed by atoms with Crippen LogP contribution in [-0.4, -0.2) is 6.16 Å². The Labute approximate surface area is 163 Å². The van der Waals surface area contributed by atoms with Crippen molar-refractivity contribution < 1.29 is 49.4 Å². The Morgan fingerprint density at radius 1 is 0.567 bits per heavy atom. The molecule has 0 N–H and O–H groups in total. The van der Waals surface area contributed by atoms with Crippen molar-refractivity contribution in [2.24, 2.45) is 0 Å². The molecule has 0 saturated heterocycles. The molecule has 0 aliphatic rings. The van der Waals surface area contributed by atoms with Crippen molar-refractivity contribution >= 4 is 17.3 Å². The van der Waals surface area contributed by atoms with Crippen LogP contribution in [0.2, 0.25) is 0 Å². The summed E-state index contributed by atoms with van der Waals surface area (Å²) < 4.78 is 119. The van der Waals surface area contributed by atoms with Crippen molar-refractivity contribution in [1.82, 2.24) is 0 Å². The number of carbonyl (C=O) groups is 1. The third-order valence-electron chi connectivity index (χ3n) is 3.67. The number of hydrogen-bond acceptors (Lipinski definition) is 3. The number of ether oxygens (including phenoxy) is 2. The molecule has 0 heterocycles. The predicted molar refractivity (Wildman–Crippen MR) is 88.6 cm³/mol. The number of carbonyl (C=O) groups excluding carboxylic acids is 1. The summed E-state index contributed by atoms with van der Waals surface area (Å²) in [5, 5.41) is 0. The van der Waals surface area contributed by atoms with E-state index in [0.29, 0.717) is 0 Å². The number of hydrogen-bond donors (Lipinski definition) is 0. The molecule has 0 aromatic heterocycles. The molecule has 0 amide bonds. The van der Waals surface area contributed by atoms with Gasteiger partial charge in [-0.25, -0.2) is 31.1 Å². The van der Waals surface area contributed by atoms with E-state index in [9.17, 15) is 39.9 Å². The second kappa shape index (κ2) is 8.17. The van der Waals surface area contributed by atoms with Crippen LogP contribution in [0.15, 0.2) is 13.2 Å².